The lowest BCUT2D eigenvalue weighted by Crippen LogP contribution is -2.50. The van der Waals surface area contributed by atoms with E-state index in [1.165, 1.54) is 19.2 Å². The van der Waals surface area contributed by atoms with Gasteiger partial charge in [0.05, 0.1) is 22.7 Å². The van der Waals surface area contributed by atoms with Crippen molar-refractivity contribution in [2.24, 2.45) is 17.3 Å². The number of benzene rings is 3. The topological polar surface area (TPSA) is 75.7 Å². The number of carbonyl (C=O) groups is 3. The fourth-order valence-corrected chi connectivity index (χ4v) is 6.32. The Bertz CT molecular complexity index is 2060. The van der Waals surface area contributed by atoms with Crippen molar-refractivity contribution in [3.63, 3.8) is 0 Å². The molecule has 23 heteroatoms. The Morgan fingerprint density at radius 2 is 1.41 bits per heavy atom. The van der Waals surface area contributed by atoms with Crippen molar-refractivity contribution >= 4 is 63.4 Å². The number of anilines is 2. The summed E-state index contributed by atoms with van der Waals surface area (Å²) >= 11 is 6.06. The Hall–Kier alpha value is -4.22. The summed E-state index contributed by atoms with van der Waals surface area (Å²) in [4.78, 5) is 45.2. The first-order chi connectivity index (χ1) is 25.4. The fourth-order valence-electron chi connectivity index (χ4n) is 5.42. The second-order valence-corrected chi connectivity index (χ2v) is 14.0. The lowest BCUT2D eigenvalue weighted by atomic mass is 9.92. The van der Waals surface area contributed by atoms with Crippen molar-refractivity contribution in [2.45, 2.75) is 44.2 Å². The van der Waals surface area contributed by atoms with Crippen molar-refractivity contribution in [2.75, 3.05) is 10.4 Å². The van der Waals surface area contributed by atoms with Gasteiger partial charge < -0.3 is 10.2 Å². The van der Waals surface area contributed by atoms with E-state index in [4.69, 9.17) is 16.4 Å². The van der Waals surface area contributed by atoms with E-state index < -0.39 is 125 Å². The summed E-state index contributed by atoms with van der Waals surface area (Å²) in [6.45, 7) is 2.61. The molecule has 0 radical (unpaired) electrons. The van der Waals surface area contributed by atoms with E-state index in [9.17, 15) is 75.8 Å². The molecule has 0 spiro atoms. The third-order valence-electron chi connectivity index (χ3n) is 8.47. The van der Waals surface area contributed by atoms with Gasteiger partial charge in [-0.15, -0.1) is 5.06 Å². The molecule has 56 heavy (non-hydrogen) atoms. The minimum absolute atomic E-state index is 0.100. The van der Waals surface area contributed by atoms with Crippen LogP contribution in [0, 0.1) is 32.5 Å². The maximum Gasteiger partial charge on any atom is 0.435 e. The molecule has 1 fully saturated rings. The maximum absolute atomic E-state index is 16.2. The Balaban J connectivity index is 1.79. The number of hydrogen-bond donors (Lipinski definition) is 1. The molecule has 3 aromatic rings. The average Bonchev–Trinajstić information content (AvgIpc) is 3.60. The van der Waals surface area contributed by atoms with Crippen LogP contribution in [0.25, 0.3) is 0 Å². The Morgan fingerprint density at radius 3 is 1.91 bits per heavy atom. The molecule has 2 atom stereocenters. The molecule has 2 unspecified atom stereocenters. The average molecular weight is 955 g/mol. The molecule has 0 saturated heterocycles. The molecule has 304 valence electrons. The normalized spacial score (nSPS) is 17.7. The van der Waals surface area contributed by atoms with Gasteiger partial charge >= 0.3 is 36.3 Å². The van der Waals surface area contributed by atoms with Crippen LogP contribution in [0.3, 0.4) is 0 Å². The fraction of sp³-hybridized carbons (Fsp3) is 0.303. The molecular formula is C33H19ClF15IN2O4. The van der Waals surface area contributed by atoms with E-state index >= 15 is 4.39 Å². The van der Waals surface area contributed by atoms with Crippen molar-refractivity contribution in [3.05, 3.63) is 103 Å². The van der Waals surface area contributed by atoms with Crippen LogP contribution in [0.1, 0.15) is 45.7 Å². The number of alkyl halides is 13. The maximum atomic E-state index is 16.2. The number of nitrogens with one attached hydrogen (secondary N) is 1. The van der Waals surface area contributed by atoms with Crippen LogP contribution in [-0.2, 0) is 21.5 Å². The van der Waals surface area contributed by atoms with Crippen molar-refractivity contribution in [3.8, 4) is 0 Å². The Morgan fingerprint density at radius 1 is 0.857 bits per heavy atom. The van der Waals surface area contributed by atoms with Crippen LogP contribution >= 0.6 is 34.2 Å². The molecule has 1 saturated carbocycles. The summed E-state index contributed by atoms with van der Waals surface area (Å²) in [5.41, 5.74) is -17.1. The van der Waals surface area contributed by atoms with E-state index in [1.54, 1.807) is 0 Å². The van der Waals surface area contributed by atoms with Crippen LogP contribution in [0.5, 0.6) is 0 Å². The summed E-state index contributed by atoms with van der Waals surface area (Å²) in [5, 5.41) is -0.221. The number of hydroxylamine groups is 1. The number of nitrogens with zero attached hydrogens (tertiary/aromatic N) is 1. The highest BCUT2D eigenvalue weighted by Gasteiger charge is 2.74. The molecule has 1 aliphatic carbocycles. The first-order valence-electron chi connectivity index (χ1n) is 15.0. The molecule has 3 aromatic carbocycles. The molecule has 6 nitrogen and oxygen atoms in total. The zero-order valence-corrected chi connectivity index (χ0v) is 30.3. The van der Waals surface area contributed by atoms with Crippen LogP contribution in [0.15, 0.2) is 65.7 Å². The summed E-state index contributed by atoms with van der Waals surface area (Å²) < 4.78 is 205. The van der Waals surface area contributed by atoms with E-state index in [0.29, 0.717) is 18.2 Å². The first-order valence-corrected chi connectivity index (χ1v) is 16.4. The lowest BCUT2D eigenvalue weighted by Gasteiger charge is -2.31. The van der Waals surface area contributed by atoms with Crippen molar-refractivity contribution in [1.82, 2.24) is 0 Å². The molecule has 2 amide bonds. The van der Waals surface area contributed by atoms with Gasteiger partial charge in [0.25, 0.3) is 11.8 Å². The van der Waals surface area contributed by atoms with Crippen LogP contribution in [0.4, 0.5) is 77.2 Å². The van der Waals surface area contributed by atoms with E-state index in [1.807, 2.05) is 0 Å². The second kappa shape index (κ2) is 14.9. The smallest absolute Gasteiger partial charge is 0.332 e. The first kappa shape index (κ1) is 44.5. The highest BCUT2D eigenvalue weighted by molar-refractivity contribution is 14.1. The summed E-state index contributed by atoms with van der Waals surface area (Å²) in [6.07, 6.45) is -24.1. The molecule has 0 heterocycles. The van der Waals surface area contributed by atoms with Gasteiger partial charge in [-0.3, -0.25) is 9.59 Å². The molecule has 1 aliphatic rings. The minimum atomic E-state index is -6.82. The molecule has 0 bridgehead atoms. The number of hydrogen-bond acceptors (Lipinski definition) is 4. The quantitative estimate of drug-likeness (QED) is 0.145. The number of allylic oxidation sites excluding steroid dienone is 2. The van der Waals surface area contributed by atoms with Crippen molar-refractivity contribution < 1.29 is 85.1 Å². The predicted octanol–water partition coefficient (Wildman–Crippen LogP) is 11.2. The van der Waals surface area contributed by atoms with E-state index in [2.05, 4.69) is 0 Å². The molecular weight excluding hydrogens is 936 g/mol. The third kappa shape index (κ3) is 8.54. The highest BCUT2D eigenvalue weighted by atomic mass is 127. The van der Waals surface area contributed by atoms with Crippen LogP contribution in [-0.4, -0.2) is 36.3 Å². The van der Waals surface area contributed by atoms with Gasteiger partial charge in [0.1, 0.15) is 16.5 Å². The summed E-state index contributed by atoms with van der Waals surface area (Å²) in [6, 6.07) is 3.97. The van der Waals surface area contributed by atoms with Gasteiger partial charge in [-0.1, -0.05) is 37.6 Å². The van der Waals surface area contributed by atoms with Crippen LogP contribution in [0.2, 0.25) is 0 Å². The van der Waals surface area contributed by atoms with Gasteiger partial charge in [-0.25, -0.2) is 18.0 Å². The number of rotatable bonds is 7. The van der Waals surface area contributed by atoms with Gasteiger partial charge in [0, 0.05) is 14.7 Å². The minimum Gasteiger partial charge on any atom is -0.332 e. The SMILES string of the molecule is CC1(C)C(C=C(Cl)C(F)(F)F)C1C(=O)ON(C(=O)c1ccc(F)cc1)c1cccc(C(=O)Nc2c(I)cc(C(F)(C(F)(F)F)C(F)(F)F)cc2C(F)(F)F)c1F. The Labute approximate surface area is 322 Å². The number of carbonyl (C=O) groups excluding carboxylic acids is 3. The standard InChI is InChI=1S/C33H19ClF15IN2O4/c1-28(2)17(12-21(34)31(41,42)43)22(28)27(55)56-52(26(54)13-6-8-15(35)9-7-13)20-5-3-4-16(23(20)36)25(53)51-24-18(30(38,39)40)10-14(11-19(24)50)29(37,32(44,45)46)33(47,48)49/h3-12,17,22H,1-2H3,(H,51,53). The Kier molecular flexibility index (Phi) is 11.9. The summed E-state index contributed by atoms with van der Waals surface area (Å²) in [7, 11) is 0. The number of halogens is 17. The zero-order chi connectivity index (χ0) is 42.7. The zero-order valence-electron chi connectivity index (χ0n) is 27.4. The molecule has 0 aliphatic heterocycles. The lowest BCUT2D eigenvalue weighted by molar-refractivity contribution is -0.348. The molecule has 1 N–H and O–H groups in total. The van der Waals surface area contributed by atoms with Gasteiger partial charge in [0.2, 0.25) is 0 Å². The van der Waals surface area contributed by atoms with Gasteiger partial charge in [-0.05, 0) is 82.5 Å². The molecule has 4 rings (SSSR count). The van der Waals surface area contributed by atoms with E-state index in [0.717, 1.165) is 52.9 Å². The second-order valence-electron chi connectivity index (χ2n) is 12.5. The van der Waals surface area contributed by atoms with E-state index in [-0.39, 0.29) is 11.1 Å². The third-order valence-corrected chi connectivity index (χ3v) is 9.66. The largest absolute Gasteiger partial charge is 0.435 e. The predicted molar refractivity (Wildman–Crippen MR) is 173 cm³/mol. The van der Waals surface area contributed by atoms with Gasteiger partial charge in [-0.2, -0.15) is 52.7 Å². The van der Waals surface area contributed by atoms with Gasteiger partial charge in [0.15, 0.2) is 5.82 Å². The number of amides is 2. The monoisotopic (exact) mass is 954 g/mol. The summed E-state index contributed by atoms with van der Waals surface area (Å²) in [5.74, 6) is -10.3. The highest BCUT2D eigenvalue weighted by Crippen LogP contribution is 2.61. The molecule has 0 aromatic heterocycles. The van der Waals surface area contributed by atoms with Crippen LogP contribution < -0.4 is 10.4 Å². The van der Waals surface area contributed by atoms with Crippen molar-refractivity contribution in [1.29, 1.82) is 0 Å².